The van der Waals surface area contributed by atoms with Gasteiger partial charge in [-0.25, -0.2) is 0 Å². The van der Waals surface area contributed by atoms with Crippen LogP contribution < -0.4 is 10.1 Å². The number of benzene rings is 1. The number of hydrogen-bond acceptors (Lipinski definition) is 3. The highest BCUT2D eigenvalue weighted by Gasteiger charge is 2.23. The first-order valence-corrected chi connectivity index (χ1v) is 7.08. The molecule has 1 saturated heterocycles. The van der Waals surface area contributed by atoms with Gasteiger partial charge in [-0.15, -0.1) is 12.4 Å². The number of likely N-dealkylation sites (N-methyl/N-ethyl adjacent to an activating group) is 1. The topological polar surface area (TPSA) is 41.6 Å². The number of amides is 1. The van der Waals surface area contributed by atoms with Gasteiger partial charge in [-0.05, 0) is 37.1 Å². The summed E-state index contributed by atoms with van der Waals surface area (Å²) < 4.78 is 28.7. The summed E-state index contributed by atoms with van der Waals surface area (Å²) in [5.41, 5.74) is 0.764. The first kappa shape index (κ1) is 18.6. The van der Waals surface area contributed by atoms with E-state index in [4.69, 9.17) is 0 Å². The second-order valence-electron chi connectivity index (χ2n) is 5.22. The first-order chi connectivity index (χ1) is 10.1. The number of alkyl halides is 2. The minimum absolute atomic E-state index is 0. The van der Waals surface area contributed by atoms with E-state index in [1.807, 2.05) is 0 Å². The third kappa shape index (κ3) is 5.42. The number of carbonyl (C=O) groups excluding carboxylic acids is 1. The van der Waals surface area contributed by atoms with Crippen LogP contribution in [-0.4, -0.2) is 37.1 Å². The SMILES string of the molecule is CN(Cc1cccc(OC(F)F)c1)C(=O)[C@H]1CCCCN1.Cl. The molecule has 1 amide bonds. The predicted molar refractivity (Wildman–Crippen MR) is 82.4 cm³/mol. The molecule has 2 rings (SSSR count). The monoisotopic (exact) mass is 334 g/mol. The fraction of sp³-hybridized carbons (Fsp3) is 0.533. The molecule has 0 saturated carbocycles. The lowest BCUT2D eigenvalue weighted by molar-refractivity contribution is -0.133. The Balaban J connectivity index is 0.00000242. The maximum Gasteiger partial charge on any atom is 0.387 e. The maximum absolute atomic E-state index is 12.3. The molecule has 1 N–H and O–H groups in total. The van der Waals surface area contributed by atoms with Crippen LogP contribution in [0.3, 0.4) is 0 Å². The molecule has 124 valence electrons. The third-order valence-electron chi connectivity index (χ3n) is 3.53. The van der Waals surface area contributed by atoms with Gasteiger partial charge in [0.15, 0.2) is 0 Å². The molecule has 1 heterocycles. The lowest BCUT2D eigenvalue weighted by atomic mass is 10.0. The number of ether oxygens (including phenoxy) is 1. The largest absolute Gasteiger partial charge is 0.435 e. The highest BCUT2D eigenvalue weighted by atomic mass is 35.5. The quantitative estimate of drug-likeness (QED) is 0.900. The van der Waals surface area contributed by atoms with E-state index in [0.717, 1.165) is 31.4 Å². The summed E-state index contributed by atoms with van der Waals surface area (Å²) in [6.07, 6.45) is 2.99. The van der Waals surface area contributed by atoms with Crippen molar-refractivity contribution in [2.24, 2.45) is 0 Å². The van der Waals surface area contributed by atoms with Crippen LogP contribution in [0, 0.1) is 0 Å². The zero-order valence-corrected chi connectivity index (χ0v) is 13.2. The molecule has 1 atom stereocenters. The number of halogens is 3. The van der Waals surface area contributed by atoms with Crippen LogP contribution in [0.5, 0.6) is 5.75 Å². The highest BCUT2D eigenvalue weighted by Crippen LogP contribution is 2.18. The van der Waals surface area contributed by atoms with Crippen molar-refractivity contribution >= 4 is 18.3 Å². The molecule has 0 unspecified atom stereocenters. The normalized spacial score (nSPS) is 17.7. The number of nitrogens with zero attached hydrogens (tertiary/aromatic N) is 1. The lowest BCUT2D eigenvalue weighted by Gasteiger charge is -2.27. The molecular weight excluding hydrogens is 314 g/mol. The van der Waals surface area contributed by atoms with Crippen molar-refractivity contribution in [2.45, 2.75) is 38.5 Å². The molecule has 22 heavy (non-hydrogen) atoms. The summed E-state index contributed by atoms with van der Waals surface area (Å²) in [6, 6.07) is 6.30. The molecule has 0 spiro atoms. The van der Waals surface area contributed by atoms with E-state index in [1.54, 1.807) is 24.1 Å². The number of nitrogens with one attached hydrogen (secondary N) is 1. The summed E-state index contributed by atoms with van der Waals surface area (Å²) in [6.45, 7) is -1.61. The third-order valence-corrected chi connectivity index (χ3v) is 3.53. The molecule has 0 aliphatic carbocycles. The Kier molecular flexibility index (Phi) is 7.55. The van der Waals surface area contributed by atoms with Crippen LogP contribution in [0.4, 0.5) is 8.78 Å². The van der Waals surface area contributed by atoms with Crippen molar-refractivity contribution in [3.63, 3.8) is 0 Å². The molecule has 1 aromatic rings. The summed E-state index contributed by atoms with van der Waals surface area (Å²) in [5, 5.41) is 3.21. The molecular formula is C15H21ClF2N2O2. The Bertz CT molecular complexity index is 482. The van der Waals surface area contributed by atoms with Crippen molar-refractivity contribution in [2.75, 3.05) is 13.6 Å². The molecule has 0 aromatic heterocycles. The van der Waals surface area contributed by atoms with Gasteiger partial charge in [0, 0.05) is 13.6 Å². The summed E-state index contributed by atoms with van der Waals surface area (Å²) >= 11 is 0. The zero-order chi connectivity index (χ0) is 15.2. The van der Waals surface area contributed by atoms with E-state index in [9.17, 15) is 13.6 Å². The standard InChI is InChI=1S/C15H20F2N2O2.ClH/c1-19(14(20)13-7-2-3-8-18-13)10-11-5-4-6-12(9-11)21-15(16)17;/h4-6,9,13,15,18H,2-3,7-8,10H2,1H3;1H/t13-;/m1./s1. The average molecular weight is 335 g/mol. The summed E-state index contributed by atoms with van der Waals surface area (Å²) in [7, 11) is 1.72. The Hall–Kier alpha value is -1.40. The van der Waals surface area contributed by atoms with E-state index >= 15 is 0 Å². The van der Waals surface area contributed by atoms with Gasteiger partial charge in [-0.3, -0.25) is 4.79 Å². The fourth-order valence-electron chi connectivity index (χ4n) is 2.50. The van der Waals surface area contributed by atoms with Gasteiger partial charge in [0.25, 0.3) is 0 Å². The van der Waals surface area contributed by atoms with Gasteiger partial charge < -0.3 is 15.0 Å². The Morgan fingerprint density at radius 2 is 2.23 bits per heavy atom. The molecule has 7 heteroatoms. The van der Waals surface area contributed by atoms with Crippen molar-refractivity contribution in [1.29, 1.82) is 0 Å². The number of piperidine rings is 1. The van der Waals surface area contributed by atoms with E-state index in [-0.39, 0.29) is 30.1 Å². The van der Waals surface area contributed by atoms with Crippen LogP contribution in [0.1, 0.15) is 24.8 Å². The van der Waals surface area contributed by atoms with Gasteiger partial charge in [-0.2, -0.15) is 8.78 Å². The van der Waals surface area contributed by atoms with Crippen LogP contribution in [0.2, 0.25) is 0 Å². The predicted octanol–water partition coefficient (Wildman–Crippen LogP) is 2.81. The molecule has 1 fully saturated rings. The molecule has 1 aliphatic heterocycles. The molecule has 4 nitrogen and oxygen atoms in total. The van der Waals surface area contributed by atoms with Crippen LogP contribution in [-0.2, 0) is 11.3 Å². The Morgan fingerprint density at radius 3 is 2.86 bits per heavy atom. The van der Waals surface area contributed by atoms with E-state index in [2.05, 4.69) is 10.1 Å². The van der Waals surface area contributed by atoms with E-state index in [0.29, 0.717) is 6.54 Å². The smallest absolute Gasteiger partial charge is 0.387 e. The molecule has 0 bridgehead atoms. The second-order valence-corrected chi connectivity index (χ2v) is 5.22. The zero-order valence-electron chi connectivity index (χ0n) is 12.4. The lowest BCUT2D eigenvalue weighted by Crippen LogP contribution is -2.46. The highest BCUT2D eigenvalue weighted by molar-refractivity contribution is 5.85. The molecule has 1 aliphatic rings. The van der Waals surface area contributed by atoms with Gasteiger partial charge in [0.1, 0.15) is 5.75 Å². The number of rotatable bonds is 5. The van der Waals surface area contributed by atoms with Crippen molar-refractivity contribution in [3.8, 4) is 5.75 Å². The number of carbonyl (C=O) groups is 1. The fourth-order valence-corrected chi connectivity index (χ4v) is 2.50. The van der Waals surface area contributed by atoms with Gasteiger partial charge in [0.2, 0.25) is 5.91 Å². The maximum atomic E-state index is 12.3. The minimum Gasteiger partial charge on any atom is -0.435 e. The van der Waals surface area contributed by atoms with E-state index in [1.165, 1.54) is 12.1 Å². The van der Waals surface area contributed by atoms with Gasteiger partial charge >= 0.3 is 6.61 Å². The van der Waals surface area contributed by atoms with Crippen molar-refractivity contribution < 1.29 is 18.3 Å². The van der Waals surface area contributed by atoms with Gasteiger partial charge in [-0.1, -0.05) is 18.6 Å². The number of hydrogen-bond donors (Lipinski definition) is 1. The van der Waals surface area contributed by atoms with Crippen molar-refractivity contribution in [3.05, 3.63) is 29.8 Å². The Labute approximate surface area is 135 Å². The average Bonchev–Trinajstić information content (AvgIpc) is 2.47. The molecule has 0 radical (unpaired) electrons. The van der Waals surface area contributed by atoms with Crippen molar-refractivity contribution in [1.82, 2.24) is 10.2 Å². The van der Waals surface area contributed by atoms with Crippen LogP contribution in [0.25, 0.3) is 0 Å². The second kappa shape index (κ2) is 8.90. The minimum atomic E-state index is -2.84. The molecule has 1 aromatic carbocycles. The summed E-state index contributed by atoms with van der Waals surface area (Å²) in [5.74, 6) is 0.147. The van der Waals surface area contributed by atoms with Gasteiger partial charge in [0.05, 0.1) is 6.04 Å². The Morgan fingerprint density at radius 1 is 1.45 bits per heavy atom. The summed E-state index contributed by atoms with van der Waals surface area (Å²) in [4.78, 5) is 13.9. The van der Waals surface area contributed by atoms with Crippen LogP contribution in [0.15, 0.2) is 24.3 Å². The van der Waals surface area contributed by atoms with E-state index < -0.39 is 6.61 Å². The van der Waals surface area contributed by atoms with Crippen LogP contribution >= 0.6 is 12.4 Å². The first-order valence-electron chi connectivity index (χ1n) is 7.08.